The fourth-order valence-corrected chi connectivity index (χ4v) is 1.51. The number of nitrogens with zero attached hydrogens (tertiary/aromatic N) is 1. The normalized spacial score (nSPS) is 16.9. The summed E-state index contributed by atoms with van der Waals surface area (Å²) < 4.78 is 36.9. The molecule has 0 saturated carbocycles. The molecule has 16 heavy (non-hydrogen) atoms. The number of hydrogen-bond acceptors (Lipinski definition) is 2. The second kappa shape index (κ2) is 5.87. The van der Waals surface area contributed by atoms with Crippen LogP contribution >= 0.6 is 0 Å². The van der Waals surface area contributed by atoms with Crippen molar-refractivity contribution in [2.24, 2.45) is 11.7 Å². The molecule has 0 heterocycles. The number of rotatable bonds is 6. The van der Waals surface area contributed by atoms with E-state index in [1.807, 2.05) is 0 Å². The molecule has 0 aromatic carbocycles. The Hall–Kier alpha value is -0.290. The van der Waals surface area contributed by atoms with Gasteiger partial charge < -0.3 is 5.73 Å². The predicted octanol–water partition coefficient (Wildman–Crippen LogP) is 2.63. The third-order valence-corrected chi connectivity index (χ3v) is 3.04. The van der Waals surface area contributed by atoms with E-state index in [-0.39, 0.29) is 6.54 Å². The number of likely N-dealkylation sites (N-methyl/N-ethyl adjacent to an activating group) is 1. The molecule has 0 spiro atoms. The van der Waals surface area contributed by atoms with Crippen LogP contribution in [-0.4, -0.2) is 36.8 Å². The molecule has 0 aliphatic rings. The Balaban J connectivity index is 4.43. The Morgan fingerprint density at radius 2 is 1.75 bits per heavy atom. The molecule has 0 aliphatic heterocycles. The van der Waals surface area contributed by atoms with E-state index < -0.39 is 18.3 Å². The zero-order valence-corrected chi connectivity index (χ0v) is 10.6. The minimum absolute atomic E-state index is 0.242. The topological polar surface area (TPSA) is 29.3 Å². The first kappa shape index (κ1) is 15.7. The minimum Gasteiger partial charge on any atom is -0.329 e. The smallest absolute Gasteiger partial charge is 0.329 e. The van der Waals surface area contributed by atoms with Gasteiger partial charge in [-0.25, -0.2) is 0 Å². The van der Waals surface area contributed by atoms with Gasteiger partial charge in [-0.2, -0.15) is 13.2 Å². The average molecular weight is 240 g/mol. The summed E-state index contributed by atoms with van der Waals surface area (Å²) in [5.74, 6) is 0.477. The van der Waals surface area contributed by atoms with E-state index in [1.54, 1.807) is 6.92 Å². The third kappa shape index (κ3) is 5.70. The summed E-state index contributed by atoms with van der Waals surface area (Å²) in [5.41, 5.74) is 5.03. The van der Waals surface area contributed by atoms with E-state index in [4.69, 9.17) is 5.73 Å². The van der Waals surface area contributed by atoms with Gasteiger partial charge in [0.15, 0.2) is 0 Å². The lowest BCUT2D eigenvalue weighted by Crippen LogP contribution is -2.52. The highest BCUT2D eigenvalue weighted by Gasteiger charge is 2.36. The van der Waals surface area contributed by atoms with Gasteiger partial charge in [-0.1, -0.05) is 13.8 Å². The van der Waals surface area contributed by atoms with Crippen LogP contribution in [-0.2, 0) is 0 Å². The first-order chi connectivity index (χ1) is 7.10. The Morgan fingerprint density at radius 1 is 1.25 bits per heavy atom. The van der Waals surface area contributed by atoms with Crippen LogP contribution < -0.4 is 5.73 Å². The number of halogens is 3. The Bertz CT molecular complexity index is 204. The Kier molecular flexibility index (Phi) is 5.76. The van der Waals surface area contributed by atoms with Crippen molar-refractivity contribution in [3.8, 4) is 0 Å². The van der Waals surface area contributed by atoms with Gasteiger partial charge in [0.1, 0.15) is 0 Å². The first-order valence-corrected chi connectivity index (χ1v) is 5.59. The maximum atomic E-state index is 12.3. The molecule has 2 nitrogen and oxygen atoms in total. The van der Waals surface area contributed by atoms with Crippen molar-refractivity contribution in [2.45, 2.75) is 45.3 Å². The number of alkyl halides is 3. The molecule has 0 saturated heterocycles. The number of hydrogen-bond donors (Lipinski definition) is 1. The first-order valence-electron chi connectivity index (χ1n) is 5.59. The van der Waals surface area contributed by atoms with Crippen LogP contribution in [0.1, 0.15) is 33.6 Å². The zero-order chi connectivity index (χ0) is 13.0. The second-order valence-corrected chi connectivity index (χ2v) is 5.10. The summed E-state index contributed by atoms with van der Waals surface area (Å²) in [7, 11) is 1.49. The monoisotopic (exact) mass is 240 g/mol. The van der Waals surface area contributed by atoms with Crippen molar-refractivity contribution in [3.63, 3.8) is 0 Å². The molecule has 0 aliphatic carbocycles. The highest BCUT2D eigenvalue weighted by atomic mass is 19.4. The van der Waals surface area contributed by atoms with E-state index in [0.717, 1.165) is 6.42 Å². The van der Waals surface area contributed by atoms with Crippen molar-refractivity contribution >= 4 is 0 Å². The Morgan fingerprint density at radius 3 is 2.06 bits per heavy atom. The third-order valence-electron chi connectivity index (χ3n) is 3.04. The molecule has 0 aromatic rings. The van der Waals surface area contributed by atoms with Crippen molar-refractivity contribution in [1.82, 2.24) is 4.90 Å². The summed E-state index contributed by atoms with van der Waals surface area (Å²) >= 11 is 0. The highest BCUT2D eigenvalue weighted by Crippen LogP contribution is 2.25. The fraction of sp³-hybridized carbons (Fsp3) is 1.00. The molecule has 1 atom stereocenters. The van der Waals surface area contributed by atoms with Gasteiger partial charge in [0.05, 0.1) is 6.54 Å². The van der Waals surface area contributed by atoms with Gasteiger partial charge in [-0.3, -0.25) is 4.90 Å². The highest BCUT2D eigenvalue weighted by molar-refractivity contribution is 4.86. The maximum Gasteiger partial charge on any atom is 0.401 e. The van der Waals surface area contributed by atoms with Gasteiger partial charge in [0.2, 0.25) is 0 Å². The van der Waals surface area contributed by atoms with Gasteiger partial charge in [-0.05, 0) is 32.7 Å². The van der Waals surface area contributed by atoms with Crippen molar-refractivity contribution in [3.05, 3.63) is 0 Å². The van der Waals surface area contributed by atoms with Crippen molar-refractivity contribution < 1.29 is 13.2 Å². The second-order valence-electron chi connectivity index (χ2n) is 5.10. The lowest BCUT2D eigenvalue weighted by atomic mass is 9.90. The molecular weight excluding hydrogens is 217 g/mol. The van der Waals surface area contributed by atoms with Crippen LogP contribution in [0.25, 0.3) is 0 Å². The lowest BCUT2D eigenvalue weighted by Gasteiger charge is -2.39. The van der Waals surface area contributed by atoms with Crippen LogP contribution in [0.5, 0.6) is 0 Å². The molecule has 0 aromatic heterocycles. The standard InChI is InChI=1S/C11H23F3N2/c1-9(2)5-6-10(3,7-15)16(4)8-11(12,13)14/h9H,5-8,15H2,1-4H3. The summed E-state index contributed by atoms with van der Waals surface area (Å²) in [6.45, 7) is 5.24. The van der Waals surface area contributed by atoms with E-state index in [1.165, 1.54) is 11.9 Å². The molecule has 0 amide bonds. The van der Waals surface area contributed by atoms with Crippen LogP contribution in [0.15, 0.2) is 0 Å². The zero-order valence-electron chi connectivity index (χ0n) is 10.6. The molecular formula is C11H23F3N2. The molecule has 5 heteroatoms. The molecule has 98 valence electrons. The van der Waals surface area contributed by atoms with Crippen LogP contribution in [0.4, 0.5) is 13.2 Å². The minimum atomic E-state index is -4.16. The summed E-state index contributed by atoms with van der Waals surface area (Å²) in [4.78, 5) is 1.31. The summed E-state index contributed by atoms with van der Waals surface area (Å²) in [6, 6.07) is 0. The maximum absolute atomic E-state index is 12.3. The van der Waals surface area contributed by atoms with Crippen molar-refractivity contribution in [1.29, 1.82) is 0 Å². The van der Waals surface area contributed by atoms with E-state index in [2.05, 4.69) is 13.8 Å². The van der Waals surface area contributed by atoms with Gasteiger partial charge in [-0.15, -0.1) is 0 Å². The number of nitrogens with two attached hydrogens (primary N) is 1. The van der Waals surface area contributed by atoms with E-state index >= 15 is 0 Å². The van der Waals surface area contributed by atoms with Crippen LogP contribution in [0.2, 0.25) is 0 Å². The Labute approximate surface area is 96.0 Å². The molecule has 0 bridgehead atoms. The molecule has 0 rings (SSSR count). The van der Waals surface area contributed by atoms with Gasteiger partial charge in [0.25, 0.3) is 0 Å². The van der Waals surface area contributed by atoms with Crippen LogP contribution in [0, 0.1) is 5.92 Å². The average Bonchev–Trinajstić information content (AvgIpc) is 2.11. The lowest BCUT2D eigenvalue weighted by molar-refractivity contribution is -0.154. The quantitative estimate of drug-likeness (QED) is 0.773. The predicted molar refractivity (Wildman–Crippen MR) is 60.2 cm³/mol. The SMILES string of the molecule is CC(C)CCC(C)(CN)N(C)CC(F)(F)F. The van der Waals surface area contributed by atoms with E-state index in [9.17, 15) is 13.2 Å². The summed E-state index contributed by atoms with van der Waals surface area (Å²) in [5, 5.41) is 0. The molecule has 0 radical (unpaired) electrons. The van der Waals surface area contributed by atoms with E-state index in [0.29, 0.717) is 12.3 Å². The van der Waals surface area contributed by atoms with Crippen LogP contribution in [0.3, 0.4) is 0 Å². The fourth-order valence-electron chi connectivity index (χ4n) is 1.51. The van der Waals surface area contributed by atoms with Gasteiger partial charge >= 0.3 is 6.18 Å². The molecule has 2 N–H and O–H groups in total. The largest absolute Gasteiger partial charge is 0.401 e. The molecule has 1 unspecified atom stereocenters. The van der Waals surface area contributed by atoms with Crippen molar-refractivity contribution in [2.75, 3.05) is 20.1 Å². The van der Waals surface area contributed by atoms with Gasteiger partial charge in [0, 0.05) is 12.1 Å². The summed E-state index contributed by atoms with van der Waals surface area (Å²) in [6.07, 6.45) is -2.59. The molecule has 0 fully saturated rings.